The Morgan fingerprint density at radius 1 is 1.15 bits per heavy atom. The lowest BCUT2D eigenvalue weighted by Gasteiger charge is -2.17. The molecular weight excluding hydrogens is 292 g/mol. The van der Waals surface area contributed by atoms with Crippen molar-refractivity contribution < 1.29 is 36.2 Å². The van der Waals surface area contributed by atoms with Gasteiger partial charge in [-0.1, -0.05) is 0 Å². The Kier molecular flexibility index (Phi) is 4.33. The Hall–Kier alpha value is -1.77. The van der Waals surface area contributed by atoms with Crippen LogP contribution in [0.1, 0.15) is 16.7 Å². The van der Waals surface area contributed by atoms with Gasteiger partial charge in [-0.3, -0.25) is 4.79 Å². The van der Waals surface area contributed by atoms with Crippen molar-refractivity contribution in [3.63, 3.8) is 0 Å². The molecule has 0 heterocycles. The van der Waals surface area contributed by atoms with Gasteiger partial charge in [0.1, 0.15) is 6.04 Å². The van der Waals surface area contributed by atoms with E-state index in [0.29, 0.717) is 6.07 Å². The van der Waals surface area contributed by atoms with Crippen LogP contribution in [-0.4, -0.2) is 17.1 Å². The molecule has 0 spiro atoms. The Bertz CT molecular complexity index is 509. The molecule has 0 unspecified atom stereocenters. The molecule has 0 aliphatic rings. The average molecular weight is 301 g/mol. The first-order valence-electron chi connectivity index (χ1n) is 5.18. The van der Waals surface area contributed by atoms with Gasteiger partial charge in [0.15, 0.2) is 0 Å². The summed E-state index contributed by atoms with van der Waals surface area (Å²) in [5.74, 6) is -1.60. The average Bonchev–Trinajstić information content (AvgIpc) is 2.25. The number of aliphatic carboxylic acids is 1. The standard InChI is InChI=1S/C11H9F6NO2/c12-10(13,14)6-1-2-7(11(15,16)17)5(3-6)4-8(18)9(19)20/h1-3,8H,4,18H2,(H,19,20)/t8-/m0/s1. The van der Waals surface area contributed by atoms with Crippen LogP contribution < -0.4 is 5.73 Å². The Morgan fingerprint density at radius 2 is 1.70 bits per heavy atom. The van der Waals surface area contributed by atoms with Gasteiger partial charge in [-0.05, 0) is 30.2 Å². The summed E-state index contributed by atoms with van der Waals surface area (Å²) in [6.45, 7) is 0. The quantitative estimate of drug-likeness (QED) is 0.844. The highest BCUT2D eigenvalue weighted by atomic mass is 19.4. The molecule has 0 amide bonds. The van der Waals surface area contributed by atoms with E-state index < -0.39 is 47.5 Å². The van der Waals surface area contributed by atoms with Crippen LogP contribution in [0.4, 0.5) is 26.3 Å². The fraction of sp³-hybridized carbons (Fsp3) is 0.364. The van der Waals surface area contributed by atoms with Crippen LogP contribution in [-0.2, 0) is 23.6 Å². The van der Waals surface area contributed by atoms with Crippen molar-refractivity contribution in [2.75, 3.05) is 0 Å². The molecule has 0 fully saturated rings. The maximum absolute atomic E-state index is 12.7. The monoisotopic (exact) mass is 301 g/mol. The molecule has 3 N–H and O–H groups in total. The van der Waals surface area contributed by atoms with Crippen molar-refractivity contribution in [1.29, 1.82) is 0 Å². The van der Waals surface area contributed by atoms with Crippen LogP contribution in [0.5, 0.6) is 0 Å². The van der Waals surface area contributed by atoms with Crippen LogP contribution >= 0.6 is 0 Å². The highest BCUT2D eigenvalue weighted by Crippen LogP contribution is 2.36. The van der Waals surface area contributed by atoms with Crippen molar-refractivity contribution in [2.45, 2.75) is 24.8 Å². The molecule has 1 aromatic carbocycles. The van der Waals surface area contributed by atoms with Crippen LogP contribution in [0, 0.1) is 0 Å². The van der Waals surface area contributed by atoms with Gasteiger partial charge < -0.3 is 10.8 Å². The van der Waals surface area contributed by atoms with E-state index in [9.17, 15) is 31.1 Å². The number of halogens is 6. The van der Waals surface area contributed by atoms with Crippen LogP contribution in [0.3, 0.4) is 0 Å². The fourth-order valence-corrected chi connectivity index (χ4v) is 1.54. The molecule has 1 atom stereocenters. The number of benzene rings is 1. The van der Waals surface area contributed by atoms with Gasteiger partial charge in [-0.2, -0.15) is 26.3 Å². The molecule has 112 valence electrons. The lowest BCUT2D eigenvalue weighted by Crippen LogP contribution is -2.33. The zero-order valence-electron chi connectivity index (χ0n) is 9.72. The van der Waals surface area contributed by atoms with E-state index in [4.69, 9.17) is 10.8 Å². The molecule has 0 bridgehead atoms. The van der Waals surface area contributed by atoms with Crippen molar-refractivity contribution in [1.82, 2.24) is 0 Å². The van der Waals surface area contributed by atoms with Gasteiger partial charge in [0.05, 0.1) is 11.1 Å². The molecule has 0 aliphatic heterocycles. The van der Waals surface area contributed by atoms with E-state index >= 15 is 0 Å². The summed E-state index contributed by atoms with van der Waals surface area (Å²) in [6.07, 6.45) is -10.6. The predicted molar refractivity (Wildman–Crippen MR) is 55.8 cm³/mol. The highest BCUT2D eigenvalue weighted by Gasteiger charge is 2.37. The molecule has 0 aliphatic carbocycles. The first-order chi connectivity index (χ1) is 8.93. The molecule has 1 rings (SSSR count). The number of carboxylic acid groups (broad SMARTS) is 1. The summed E-state index contributed by atoms with van der Waals surface area (Å²) >= 11 is 0. The Morgan fingerprint density at radius 3 is 2.10 bits per heavy atom. The molecule has 0 aromatic heterocycles. The van der Waals surface area contributed by atoms with E-state index in [-0.39, 0.29) is 12.1 Å². The molecule has 0 saturated heterocycles. The van der Waals surface area contributed by atoms with E-state index in [1.54, 1.807) is 0 Å². The number of alkyl halides is 6. The number of nitrogens with two attached hydrogens (primary N) is 1. The normalized spacial score (nSPS) is 14.2. The van der Waals surface area contributed by atoms with Crippen molar-refractivity contribution in [3.05, 3.63) is 34.9 Å². The minimum atomic E-state index is -4.89. The third-order valence-electron chi connectivity index (χ3n) is 2.49. The summed E-state index contributed by atoms with van der Waals surface area (Å²) < 4.78 is 75.4. The van der Waals surface area contributed by atoms with E-state index in [0.717, 1.165) is 0 Å². The van der Waals surface area contributed by atoms with E-state index in [1.165, 1.54) is 0 Å². The summed E-state index contributed by atoms with van der Waals surface area (Å²) in [4.78, 5) is 10.5. The maximum atomic E-state index is 12.7. The zero-order valence-corrected chi connectivity index (χ0v) is 9.72. The van der Waals surface area contributed by atoms with Gasteiger partial charge >= 0.3 is 18.3 Å². The lowest BCUT2D eigenvalue weighted by atomic mass is 9.97. The summed E-state index contributed by atoms with van der Waals surface area (Å²) in [7, 11) is 0. The van der Waals surface area contributed by atoms with Crippen LogP contribution in [0.25, 0.3) is 0 Å². The van der Waals surface area contributed by atoms with Gasteiger partial charge in [0, 0.05) is 0 Å². The fourth-order valence-electron chi connectivity index (χ4n) is 1.54. The van der Waals surface area contributed by atoms with Crippen molar-refractivity contribution >= 4 is 5.97 Å². The lowest BCUT2D eigenvalue weighted by molar-refractivity contribution is -0.142. The molecule has 3 nitrogen and oxygen atoms in total. The zero-order chi connectivity index (χ0) is 15.7. The summed E-state index contributed by atoms with van der Waals surface area (Å²) in [6, 6.07) is -0.892. The molecule has 0 radical (unpaired) electrons. The van der Waals surface area contributed by atoms with Crippen LogP contribution in [0.2, 0.25) is 0 Å². The first-order valence-corrected chi connectivity index (χ1v) is 5.18. The SMILES string of the molecule is N[C@@H](Cc1cc(C(F)(F)F)ccc1C(F)(F)F)C(=O)O. The minimum absolute atomic E-state index is 0.269. The van der Waals surface area contributed by atoms with E-state index in [1.807, 2.05) is 0 Å². The van der Waals surface area contributed by atoms with Gasteiger partial charge in [0.2, 0.25) is 0 Å². The van der Waals surface area contributed by atoms with Gasteiger partial charge in [0.25, 0.3) is 0 Å². The van der Waals surface area contributed by atoms with Crippen LogP contribution in [0.15, 0.2) is 18.2 Å². The Balaban J connectivity index is 3.31. The summed E-state index contributed by atoms with van der Waals surface area (Å²) in [5, 5.41) is 8.54. The molecule has 9 heteroatoms. The molecular formula is C11H9F6NO2. The smallest absolute Gasteiger partial charge is 0.416 e. The number of carbonyl (C=O) groups is 1. The second kappa shape index (κ2) is 5.31. The number of rotatable bonds is 3. The third kappa shape index (κ3) is 3.86. The topological polar surface area (TPSA) is 63.3 Å². The van der Waals surface area contributed by atoms with Crippen molar-refractivity contribution in [2.24, 2.45) is 5.73 Å². The molecule has 20 heavy (non-hydrogen) atoms. The molecule has 1 aromatic rings. The summed E-state index contributed by atoms with van der Waals surface area (Å²) in [5.41, 5.74) is 1.64. The number of carboxylic acids is 1. The number of hydrogen-bond acceptors (Lipinski definition) is 2. The minimum Gasteiger partial charge on any atom is -0.480 e. The van der Waals surface area contributed by atoms with E-state index in [2.05, 4.69) is 0 Å². The Labute approximate surface area is 109 Å². The highest BCUT2D eigenvalue weighted by molar-refractivity contribution is 5.73. The third-order valence-corrected chi connectivity index (χ3v) is 2.49. The maximum Gasteiger partial charge on any atom is 0.416 e. The largest absolute Gasteiger partial charge is 0.480 e. The van der Waals surface area contributed by atoms with Crippen molar-refractivity contribution in [3.8, 4) is 0 Å². The predicted octanol–water partition coefficient (Wildman–Crippen LogP) is 2.68. The second-order valence-electron chi connectivity index (χ2n) is 4.02. The van der Waals surface area contributed by atoms with Gasteiger partial charge in [-0.25, -0.2) is 0 Å². The van der Waals surface area contributed by atoms with Gasteiger partial charge in [-0.15, -0.1) is 0 Å². The first kappa shape index (κ1) is 16.3. The molecule has 0 saturated carbocycles. The second-order valence-corrected chi connectivity index (χ2v) is 4.02. The number of hydrogen-bond donors (Lipinski definition) is 2.